The van der Waals surface area contributed by atoms with E-state index in [1.165, 1.54) is 29.0 Å². The van der Waals surface area contributed by atoms with Crippen LogP contribution < -0.4 is 5.32 Å². The van der Waals surface area contributed by atoms with Gasteiger partial charge in [0.25, 0.3) is 0 Å². The summed E-state index contributed by atoms with van der Waals surface area (Å²) < 4.78 is 25.2. The summed E-state index contributed by atoms with van der Waals surface area (Å²) in [6.45, 7) is 0.767. The summed E-state index contributed by atoms with van der Waals surface area (Å²) in [7, 11) is -3.39. The first-order valence-corrected chi connectivity index (χ1v) is 10.7. The first-order valence-electron chi connectivity index (χ1n) is 8.89. The Kier molecular flexibility index (Phi) is 7.65. The van der Waals surface area contributed by atoms with E-state index in [4.69, 9.17) is 0 Å². The van der Waals surface area contributed by atoms with E-state index in [2.05, 4.69) is 11.4 Å². The fourth-order valence-electron chi connectivity index (χ4n) is 2.97. The van der Waals surface area contributed by atoms with Crippen LogP contribution >= 0.6 is 0 Å². The van der Waals surface area contributed by atoms with Crippen LogP contribution in [0.2, 0.25) is 0 Å². The average molecular weight is 365 g/mol. The van der Waals surface area contributed by atoms with E-state index >= 15 is 0 Å². The highest BCUT2D eigenvalue weighted by Crippen LogP contribution is 2.20. The van der Waals surface area contributed by atoms with Crippen LogP contribution in [0, 0.1) is 0 Å². The third-order valence-corrected chi connectivity index (χ3v) is 5.68. The van der Waals surface area contributed by atoms with Gasteiger partial charge in [0, 0.05) is 13.1 Å². The van der Waals surface area contributed by atoms with Crippen molar-refractivity contribution in [1.82, 2.24) is 9.62 Å². The van der Waals surface area contributed by atoms with Gasteiger partial charge in [0.1, 0.15) is 0 Å². The lowest BCUT2D eigenvalue weighted by Gasteiger charge is -2.21. The number of sulfonamides is 1. The Morgan fingerprint density at radius 2 is 1.92 bits per heavy atom. The van der Waals surface area contributed by atoms with Gasteiger partial charge >= 0.3 is 0 Å². The predicted molar refractivity (Wildman–Crippen MR) is 101 cm³/mol. The van der Waals surface area contributed by atoms with Crippen LogP contribution in [-0.4, -0.2) is 44.5 Å². The Balaban J connectivity index is 1.79. The van der Waals surface area contributed by atoms with Gasteiger partial charge in [-0.05, 0) is 44.1 Å². The molecule has 25 heavy (non-hydrogen) atoms. The van der Waals surface area contributed by atoms with Crippen LogP contribution in [0.5, 0.6) is 0 Å². The van der Waals surface area contributed by atoms with Gasteiger partial charge in [-0.2, -0.15) is 4.31 Å². The van der Waals surface area contributed by atoms with Gasteiger partial charge in [-0.25, -0.2) is 8.42 Å². The topological polar surface area (TPSA) is 66.5 Å². The number of amides is 1. The molecule has 0 heterocycles. The Bertz CT molecular complexity index is 684. The first kappa shape index (κ1) is 19.7. The molecule has 1 N–H and O–H groups in total. The molecule has 1 amide bonds. The van der Waals surface area contributed by atoms with Crippen molar-refractivity contribution in [3.05, 3.63) is 47.5 Å². The molecule has 138 valence electrons. The molecule has 0 saturated heterocycles. The molecule has 1 aromatic carbocycles. The lowest BCUT2D eigenvalue weighted by molar-refractivity contribution is -0.121. The van der Waals surface area contributed by atoms with Gasteiger partial charge in [-0.3, -0.25) is 4.79 Å². The van der Waals surface area contributed by atoms with Gasteiger partial charge in [0.2, 0.25) is 15.9 Å². The minimum absolute atomic E-state index is 0.110. The highest BCUT2D eigenvalue weighted by Gasteiger charge is 2.20. The Morgan fingerprint density at radius 3 is 2.56 bits per heavy atom. The van der Waals surface area contributed by atoms with E-state index in [0.29, 0.717) is 19.5 Å². The molecule has 0 atom stereocenters. The number of carbonyl (C=O) groups excluding carboxylic acids is 1. The number of rotatable bonds is 9. The summed E-state index contributed by atoms with van der Waals surface area (Å²) >= 11 is 0. The van der Waals surface area contributed by atoms with E-state index in [1.54, 1.807) is 0 Å². The van der Waals surface area contributed by atoms with E-state index < -0.39 is 10.0 Å². The summed E-state index contributed by atoms with van der Waals surface area (Å²) in [5.74, 6) is -0.251. The van der Waals surface area contributed by atoms with E-state index in [1.807, 2.05) is 30.3 Å². The highest BCUT2D eigenvalue weighted by molar-refractivity contribution is 7.88. The molecule has 0 aliphatic heterocycles. The standard InChI is InChI=1S/C19H28N2O3S/c1-25(23,24)21(15-13-18-10-6-3-7-11-18)16-19(22)20-14-12-17-8-4-2-5-9-17/h2,4-5,8-10H,3,6-7,11-16H2,1H3,(H,20,22). The van der Waals surface area contributed by atoms with Crippen LogP contribution in [-0.2, 0) is 21.2 Å². The maximum Gasteiger partial charge on any atom is 0.235 e. The zero-order valence-electron chi connectivity index (χ0n) is 14.9. The number of nitrogens with one attached hydrogen (secondary N) is 1. The van der Waals surface area contributed by atoms with Gasteiger partial charge in [0.15, 0.2) is 0 Å². The summed E-state index contributed by atoms with van der Waals surface area (Å²) in [4.78, 5) is 12.1. The van der Waals surface area contributed by atoms with Crippen molar-refractivity contribution in [1.29, 1.82) is 0 Å². The largest absolute Gasteiger partial charge is 0.355 e. The lowest BCUT2D eigenvalue weighted by Crippen LogP contribution is -2.41. The molecule has 0 aromatic heterocycles. The smallest absolute Gasteiger partial charge is 0.235 e. The van der Waals surface area contributed by atoms with Crippen molar-refractivity contribution in [2.45, 2.75) is 38.5 Å². The zero-order chi connectivity index (χ0) is 18.1. The third-order valence-electron chi connectivity index (χ3n) is 4.43. The molecule has 0 unspecified atom stereocenters. The minimum Gasteiger partial charge on any atom is -0.355 e. The lowest BCUT2D eigenvalue weighted by atomic mass is 9.97. The monoisotopic (exact) mass is 364 g/mol. The maximum absolute atomic E-state index is 12.1. The summed E-state index contributed by atoms with van der Waals surface area (Å²) in [6, 6.07) is 9.89. The van der Waals surface area contributed by atoms with E-state index in [9.17, 15) is 13.2 Å². The number of nitrogens with zero attached hydrogens (tertiary/aromatic N) is 1. The molecule has 1 aromatic rings. The summed E-state index contributed by atoms with van der Waals surface area (Å²) in [5.41, 5.74) is 2.45. The molecule has 1 aliphatic rings. The minimum atomic E-state index is -3.39. The maximum atomic E-state index is 12.1. The third kappa shape index (κ3) is 7.40. The predicted octanol–water partition coefficient (Wildman–Crippen LogP) is 2.50. The van der Waals surface area contributed by atoms with Crippen LogP contribution in [0.25, 0.3) is 0 Å². The second-order valence-corrected chi connectivity index (χ2v) is 8.52. The molecule has 1 aliphatic carbocycles. The van der Waals surface area contributed by atoms with Crippen molar-refractivity contribution >= 4 is 15.9 Å². The second-order valence-electron chi connectivity index (χ2n) is 6.54. The number of benzene rings is 1. The number of hydrogen-bond acceptors (Lipinski definition) is 3. The van der Waals surface area contributed by atoms with Gasteiger partial charge in [-0.1, -0.05) is 42.0 Å². The van der Waals surface area contributed by atoms with E-state index in [-0.39, 0.29) is 12.5 Å². The van der Waals surface area contributed by atoms with Crippen LogP contribution in [0.1, 0.15) is 37.7 Å². The first-order chi connectivity index (χ1) is 11.9. The second kappa shape index (κ2) is 9.73. The molecule has 2 rings (SSSR count). The molecular weight excluding hydrogens is 336 g/mol. The van der Waals surface area contributed by atoms with Crippen LogP contribution in [0.4, 0.5) is 0 Å². The molecule has 0 saturated carbocycles. The quantitative estimate of drug-likeness (QED) is 0.685. The van der Waals surface area contributed by atoms with Crippen molar-refractivity contribution in [2.75, 3.05) is 25.9 Å². The SMILES string of the molecule is CS(=O)(=O)N(CCC1=CCCCC1)CC(=O)NCCc1ccccc1. The average Bonchev–Trinajstić information content (AvgIpc) is 2.59. The Hall–Kier alpha value is -1.66. The van der Waals surface area contributed by atoms with Crippen LogP contribution in [0.3, 0.4) is 0 Å². The molecule has 0 bridgehead atoms. The number of carbonyl (C=O) groups is 1. The Labute approximate surface area is 151 Å². The molecule has 0 fully saturated rings. The van der Waals surface area contributed by atoms with E-state index in [0.717, 1.165) is 24.8 Å². The van der Waals surface area contributed by atoms with Gasteiger partial charge in [-0.15, -0.1) is 0 Å². The van der Waals surface area contributed by atoms with Crippen molar-refractivity contribution in [3.8, 4) is 0 Å². The summed E-state index contributed by atoms with van der Waals surface area (Å²) in [6.07, 6.45) is 9.33. The molecule has 0 spiro atoms. The highest BCUT2D eigenvalue weighted by atomic mass is 32.2. The Morgan fingerprint density at radius 1 is 1.16 bits per heavy atom. The van der Waals surface area contributed by atoms with Gasteiger partial charge < -0.3 is 5.32 Å². The normalized spacial score (nSPS) is 15.0. The number of allylic oxidation sites excluding steroid dienone is 1. The molecule has 6 heteroatoms. The fraction of sp³-hybridized carbons (Fsp3) is 0.526. The van der Waals surface area contributed by atoms with Crippen molar-refractivity contribution < 1.29 is 13.2 Å². The zero-order valence-corrected chi connectivity index (χ0v) is 15.7. The van der Waals surface area contributed by atoms with Crippen molar-refractivity contribution in [3.63, 3.8) is 0 Å². The molecular formula is C19H28N2O3S. The van der Waals surface area contributed by atoms with Gasteiger partial charge in [0.05, 0.1) is 12.8 Å². The summed E-state index contributed by atoms with van der Waals surface area (Å²) in [5, 5.41) is 2.81. The molecule has 0 radical (unpaired) electrons. The number of hydrogen-bond donors (Lipinski definition) is 1. The van der Waals surface area contributed by atoms with Crippen LogP contribution in [0.15, 0.2) is 42.0 Å². The van der Waals surface area contributed by atoms with Crippen molar-refractivity contribution in [2.24, 2.45) is 0 Å². The molecule has 5 nitrogen and oxygen atoms in total. The fourth-order valence-corrected chi connectivity index (χ4v) is 3.74.